The van der Waals surface area contributed by atoms with Crippen LogP contribution in [0, 0.1) is 0 Å². The van der Waals surface area contributed by atoms with E-state index in [9.17, 15) is 0 Å². The molecule has 2 nitrogen and oxygen atoms in total. The number of hydrogen-bond acceptors (Lipinski definition) is 2. The third-order valence-corrected chi connectivity index (χ3v) is 1.61. The van der Waals surface area contributed by atoms with E-state index in [1.54, 1.807) is 6.34 Å². The summed E-state index contributed by atoms with van der Waals surface area (Å²) >= 11 is 5.61. The van der Waals surface area contributed by atoms with E-state index in [1.165, 1.54) is 0 Å². The Morgan fingerprint density at radius 2 is 2.44 bits per heavy atom. The molecule has 0 saturated heterocycles. The summed E-state index contributed by atoms with van der Waals surface area (Å²) in [5.41, 5.74) is 0. The van der Waals surface area contributed by atoms with Crippen LogP contribution in [0.4, 0.5) is 0 Å². The Kier molecular flexibility index (Phi) is 1.76. The van der Waals surface area contributed by atoms with Gasteiger partial charge in [-0.2, -0.15) is 0 Å². The van der Waals surface area contributed by atoms with Gasteiger partial charge in [0.25, 0.3) is 0 Å². The molecule has 3 heteroatoms. The van der Waals surface area contributed by atoms with E-state index < -0.39 is 0 Å². The molecule has 0 aliphatic carbocycles. The summed E-state index contributed by atoms with van der Waals surface area (Å²) in [6, 6.07) is 0.370. The molecule has 0 aromatic heterocycles. The second kappa shape index (κ2) is 2.40. The van der Waals surface area contributed by atoms with Gasteiger partial charge in [0.15, 0.2) is 0 Å². The molecular formula is C6H9ClN2. The van der Waals surface area contributed by atoms with Crippen molar-refractivity contribution in [1.29, 1.82) is 0 Å². The van der Waals surface area contributed by atoms with E-state index >= 15 is 0 Å². The maximum atomic E-state index is 5.61. The first-order valence-electron chi connectivity index (χ1n) is 2.83. The fraction of sp³-hybridized carbons (Fsp3) is 0.500. The van der Waals surface area contributed by atoms with E-state index in [-0.39, 0.29) is 0 Å². The number of nitrogens with zero attached hydrogens (tertiary/aromatic N) is 2. The second-order valence-electron chi connectivity index (χ2n) is 2.14. The summed E-state index contributed by atoms with van der Waals surface area (Å²) in [6.45, 7) is 2.06. The van der Waals surface area contributed by atoms with Gasteiger partial charge in [0.05, 0.1) is 6.34 Å². The predicted molar refractivity (Wildman–Crippen MR) is 39.7 cm³/mol. The smallest absolute Gasteiger partial charge is 0.128 e. The third-order valence-electron chi connectivity index (χ3n) is 1.38. The predicted octanol–water partition coefficient (Wildman–Crippen LogP) is 1.43. The lowest BCUT2D eigenvalue weighted by atomic mass is 10.3. The Hall–Kier alpha value is -0.500. The van der Waals surface area contributed by atoms with Crippen LogP contribution in [0.15, 0.2) is 16.2 Å². The molecule has 9 heavy (non-hydrogen) atoms. The van der Waals surface area contributed by atoms with Crippen LogP contribution in [0.1, 0.15) is 6.92 Å². The number of hydrogen-bond donors (Lipinski definition) is 0. The van der Waals surface area contributed by atoms with Gasteiger partial charge in [0, 0.05) is 13.1 Å². The highest BCUT2D eigenvalue weighted by Crippen LogP contribution is 2.10. The Morgan fingerprint density at radius 3 is 2.89 bits per heavy atom. The molecule has 0 spiro atoms. The molecule has 0 N–H and O–H groups in total. The van der Waals surface area contributed by atoms with Crippen molar-refractivity contribution in [1.82, 2.24) is 4.90 Å². The normalized spacial score (nSPS) is 26.3. The zero-order chi connectivity index (χ0) is 6.85. The summed E-state index contributed by atoms with van der Waals surface area (Å²) in [4.78, 5) is 5.88. The Balaban J connectivity index is 2.70. The van der Waals surface area contributed by atoms with Crippen LogP contribution in [-0.2, 0) is 0 Å². The van der Waals surface area contributed by atoms with E-state index in [1.807, 2.05) is 18.0 Å². The minimum Gasteiger partial charge on any atom is -0.359 e. The largest absolute Gasteiger partial charge is 0.359 e. The molecule has 0 saturated carbocycles. The molecule has 50 valence electrons. The highest BCUT2D eigenvalue weighted by Gasteiger charge is 2.06. The van der Waals surface area contributed by atoms with Crippen molar-refractivity contribution in [2.45, 2.75) is 13.0 Å². The zero-order valence-corrected chi connectivity index (χ0v) is 6.26. The van der Waals surface area contributed by atoms with Crippen LogP contribution in [0.2, 0.25) is 0 Å². The zero-order valence-electron chi connectivity index (χ0n) is 5.50. The lowest BCUT2D eigenvalue weighted by Crippen LogP contribution is -2.27. The molecule has 0 aromatic rings. The van der Waals surface area contributed by atoms with E-state index in [2.05, 4.69) is 11.9 Å². The van der Waals surface area contributed by atoms with E-state index in [0.717, 1.165) is 0 Å². The SMILES string of the molecule is CC1C=C(Cl)N=CN1C. The molecule has 0 bridgehead atoms. The lowest BCUT2D eigenvalue weighted by Gasteiger charge is -2.21. The van der Waals surface area contributed by atoms with Crippen LogP contribution in [-0.4, -0.2) is 24.3 Å². The first-order valence-corrected chi connectivity index (χ1v) is 3.21. The maximum absolute atomic E-state index is 5.61. The monoisotopic (exact) mass is 144 g/mol. The molecule has 1 atom stereocenters. The first-order chi connectivity index (χ1) is 4.20. The summed E-state index contributed by atoms with van der Waals surface area (Å²) in [5, 5.41) is 0.584. The Bertz CT molecular complexity index is 162. The highest BCUT2D eigenvalue weighted by molar-refractivity contribution is 6.29. The lowest BCUT2D eigenvalue weighted by molar-refractivity contribution is 0.458. The minimum atomic E-state index is 0.370. The van der Waals surface area contributed by atoms with Crippen LogP contribution >= 0.6 is 11.6 Å². The maximum Gasteiger partial charge on any atom is 0.128 e. The minimum absolute atomic E-state index is 0.370. The number of likely N-dealkylation sites (N-methyl/N-ethyl adjacent to an activating group) is 1. The number of aliphatic imine (C=N–C) groups is 1. The highest BCUT2D eigenvalue weighted by atomic mass is 35.5. The van der Waals surface area contributed by atoms with E-state index in [4.69, 9.17) is 11.6 Å². The molecule has 0 amide bonds. The summed E-state index contributed by atoms with van der Waals surface area (Å²) in [5.74, 6) is 0. The van der Waals surface area contributed by atoms with Gasteiger partial charge >= 0.3 is 0 Å². The fourth-order valence-electron chi connectivity index (χ4n) is 0.611. The van der Waals surface area contributed by atoms with Gasteiger partial charge in [-0.25, -0.2) is 4.99 Å². The van der Waals surface area contributed by atoms with Crippen molar-refractivity contribution in [3.8, 4) is 0 Å². The standard InChI is InChI=1S/C6H9ClN2/c1-5-3-6(7)8-4-9(5)2/h3-5H,1-2H3. The quantitative estimate of drug-likeness (QED) is 0.470. The van der Waals surface area contributed by atoms with Crippen molar-refractivity contribution in [3.63, 3.8) is 0 Å². The molecule has 0 fully saturated rings. The van der Waals surface area contributed by atoms with Crippen molar-refractivity contribution in [2.75, 3.05) is 7.05 Å². The Labute approximate surface area is 59.8 Å². The average Bonchev–Trinajstić information content (AvgIpc) is 1.80. The summed E-state index contributed by atoms with van der Waals surface area (Å²) < 4.78 is 0. The van der Waals surface area contributed by atoms with Crippen LogP contribution in [0.3, 0.4) is 0 Å². The number of rotatable bonds is 0. The van der Waals surface area contributed by atoms with Gasteiger partial charge < -0.3 is 4.90 Å². The van der Waals surface area contributed by atoms with Crippen molar-refractivity contribution in [3.05, 3.63) is 11.2 Å². The topological polar surface area (TPSA) is 15.6 Å². The van der Waals surface area contributed by atoms with E-state index in [0.29, 0.717) is 11.2 Å². The molecule has 1 unspecified atom stereocenters. The van der Waals surface area contributed by atoms with Gasteiger partial charge in [0.2, 0.25) is 0 Å². The molecule has 0 radical (unpaired) electrons. The van der Waals surface area contributed by atoms with Crippen LogP contribution in [0.25, 0.3) is 0 Å². The van der Waals surface area contributed by atoms with Gasteiger partial charge in [-0.1, -0.05) is 11.6 Å². The van der Waals surface area contributed by atoms with Crippen molar-refractivity contribution < 1.29 is 0 Å². The molecule has 1 aliphatic heterocycles. The molecule has 1 rings (SSSR count). The van der Waals surface area contributed by atoms with Crippen LogP contribution < -0.4 is 0 Å². The fourth-order valence-corrected chi connectivity index (χ4v) is 0.837. The van der Waals surface area contributed by atoms with Gasteiger partial charge in [-0.15, -0.1) is 0 Å². The van der Waals surface area contributed by atoms with Crippen molar-refractivity contribution in [2.24, 2.45) is 4.99 Å². The Morgan fingerprint density at radius 1 is 1.78 bits per heavy atom. The molecule has 1 heterocycles. The molecular weight excluding hydrogens is 136 g/mol. The third kappa shape index (κ3) is 1.45. The average molecular weight is 145 g/mol. The molecule has 1 aliphatic rings. The molecule has 0 aromatic carbocycles. The summed E-state index contributed by atoms with van der Waals surface area (Å²) in [6.07, 6.45) is 3.63. The van der Waals surface area contributed by atoms with Crippen LogP contribution in [0.5, 0.6) is 0 Å². The summed E-state index contributed by atoms with van der Waals surface area (Å²) in [7, 11) is 1.97. The van der Waals surface area contributed by atoms with Gasteiger partial charge in [-0.3, -0.25) is 0 Å². The van der Waals surface area contributed by atoms with Gasteiger partial charge in [0.1, 0.15) is 5.16 Å². The van der Waals surface area contributed by atoms with Crippen molar-refractivity contribution >= 4 is 17.9 Å². The first kappa shape index (κ1) is 6.62. The second-order valence-corrected chi connectivity index (χ2v) is 2.53. The number of halogens is 1. The van der Waals surface area contributed by atoms with Gasteiger partial charge in [-0.05, 0) is 13.0 Å².